The van der Waals surface area contributed by atoms with Gasteiger partial charge >= 0.3 is 12.6 Å². The summed E-state index contributed by atoms with van der Waals surface area (Å²) in [5.74, 6) is -3.18. The van der Waals surface area contributed by atoms with Crippen molar-refractivity contribution in [3.8, 4) is 39.8 Å². The minimum absolute atomic E-state index is 0.0734. The van der Waals surface area contributed by atoms with Crippen LogP contribution in [0.25, 0.3) is 56.2 Å². The molecule has 1 atom stereocenters. The van der Waals surface area contributed by atoms with Gasteiger partial charge in [0, 0.05) is 34.9 Å². The molecule has 0 unspecified atom stereocenters. The Kier molecular flexibility index (Phi) is 8.33. The van der Waals surface area contributed by atoms with Crippen molar-refractivity contribution in [2.45, 2.75) is 52.5 Å². The van der Waals surface area contributed by atoms with Gasteiger partial charge in [-0.3, -0.25) is 9.69 Å². The number of carbonyl (C=O) groups is 1. The van der Waals surface area contributed by atoms with Crippen LogP contribution < -0.4 is 4.74 Å². The summed E-state index contributed by atoms with van der Waals surface area (Å²) in [5.41, 5.74) is 4.81. The number of halogens is 4. The van der Waals surface area contributed by atoms with Crippen molar-refractivity contribution in [2.75, 3.05) is 6.54 Å². The lowest BCUT2D eigenvalue weighted by molar-refractivity contribution is -0.142. The van der Waals surface area contributed by atoms with Crippen LogP contribution in [0.2, 0.25) is 0 Å². The van der Waals surface area contributed by atoms with Crippen molar-refractivity contribution in [1.82, 2.24) is 14.9 Å². The highest BCUT2D eigenvalue weighted by atomic mass is 19.3. The summed E-state index contributed by atoms with van der Waals surface area (Å²) in [6.45, 7) is 0.539. The van der Waals surface area contributed by atoms with E-state index in [9.17, 15) is 32.6 Å². The number of aliphatic carboxylic acids is 1. The zero-order valence-electron chi connectivity index (χ0n) is 26.3. The van der Waals surface area contributed by atoms with E-state index >= 15 is 0 Å². The number of oxazole rings is 2. The van der Waals surface area contributed by atoms with Gasteiger partial charge in [0.1, 0.15) is 22.8 Å². The smallest absolute Gasteiger partial charge is 0.387 e. The lowest BCUT2D eigenvalue weighted by Gasteiger charge is -2.22. The van der Waals surface area contributed by atoms with Crippen LogP contribution in [0.1, 0.15) is 35.1 Å². The Bertz CT molecular complexity index is 2250. The third-order valence-corrected chi connectivity index (χ3v) is 9.04. The molecule has 6 aromatic rings. The van der Waals surface area contributed by atoms with Gasteiger partial charge in [-0.1, -0.05) is 24.3 Å². The second-order valence-electron chi connectivity index (χ2n) is 11.9. The maximum Gasteiger partial charge on any atom is 0.387 e. The van der Waals surface area contributed by atoms with E-state index in [0.29, 0.717) is 41.6 Å². The van der Waals surface area contributed by atoms with Crippen molar-refractivity contribution in [2.24, 2.45) is 0 Å². The number of aliphatic hydroxyl groups excluding tert-OH is 1. The Morgan fingerprint density at radius 3 is 2.16 bits per heavy atom. The molecule has 252 valence electrons. The van der Waals surface area contributed by atoms with Gasteiger partial charge in [-0.25, -0.2) is 14.4 Å². The largest absolute Gasteiger partial charge is 0.480 e. The van der Waals surface area contributed by atoms with Crippen LogP contribution in [0.5, 0.6) is 5.75 Å². The summed E-state index contributed by atoms with van der Waals surface area (Å²) in [5, 5.41) is 19.0. The summed E-state index contributed by atoms with van der Waals surface area (Å²) in [7, 11) is 0. The van der Waals surface area contributed by atoms with Crippen molar-refractivity contribution < 1.29 is 46.1 Å². The van der Waals surface area contributed by atoms with Crippen LogP contribution in [0.4, 0.5) is 17.6 Å². The van der Waals surface area contributed by atoms with Crippen molar-refractivity contribution in [1.29, 1.82) is 0 Å². The number of hydrogen-bond acceptors (Lipinski definition) is 8. The molecule has 0 amide bonds. The molecule has 1 aliphatic heterocycles. The molecule has 9 nitrogen and oxygen atoms in total. The first kappa shape index (κ1) is 32.3. The van der Waals surface area contributed by atoms with Gasteiger partial charge in [-0.15, -0.1) is 0 Å². The minimum atomic E-state index is -3.10. The molecule has 13 heteroatoms. The number of carboxylic acids is 1. The van der Waals surface area contributed by atoms with Gasteiger partial charge in [0.15, 0.2) is 17.0 Å². The van der Waals surface area contributed by atoms with Crippen LogP contribution in [0, 0.1) is 25.5 Å². The highest BCUT2D eigenvalue weighted by Gasteiger charge is 2.31. The molecule has 0 radical (unpaired) electrons. The standard InChI is InChI=1S/C36H29F4N3O6/c1-17-21(22-7-4-9-24(18(22)2)34-42-26-13-20(16-44)30(37)31(38)32(26)49-34)6-3-8-23(17)33-41-25-12-19(15-43-11-5-10-27(43)35(45)46)28(48-36(39)40)14-29(25)47-33/h3-4,6-9,12-14,27,36,44H,5,10-11,15-16H2,1-2H3,(H,45,46)/t27-/m0/s1. The van der Waals surface area contributed by atoms with E-state index < -0.39 is 36.9 Å². The first-order chi connectivity index (χ1) is 23.5. The van der Waals surface area contributed by atoms with E-state index in [2.05, 4.69) is 9.97 Å². The normalized spacial score (nSPS) is 15.2. The predicted molar refractivity (Wildman–Crippen MR) is 171 cm³/mol. The molecule has 2 N–H and O–H groups in total. The fourth-order valence-corrected chi connectivity index (χ4v) is 6.56. The van der Waals surface area contributed by atoms with E-state index in [4.69, 9.17) is 13.6 Å². The second-order valence-corrected chi connectivity index (χ2v) is 11.9. The van der Waals surface area contributed by atoms with Gasteiger partial charge in [-0.05, 0) is 79.8 Å². The number of ether oxygens (including phenoxy) is 1. The third-order valence-electron chi connectivity index (χ3n) is 9.04. The maximum absolute atomic E-state index is 14.7. The number of alkyl halides is 2. The van der Waals surface area contributed by atoms with Crippen LogP contribution in [0.3, 0.4) is 0 Å². The monoisotopic (exact) mass is 675 g/mol. The summed E-state index contributed by atoms with van der Waals surface area (Å²) in [6, 6.07) is 14.4. The van der Waals surface area contributed by atoms with Crippen LogP contribution in [0.15, 0.2) is 63.4 Å². The predicted octanol–water partition coefficient (Wildman–Crippen LogP) is 8.01. The molecule has 0 aliphatic carbocycles. The van der Waals surface area contributed by atoms with Crippen LogP contribution >= 0.6 is 0 Å². The summed E-state index contributed by atoms with van der Waals surface area (Å²) in [4.78, 5) is 22.5. The molecule has 1 saturated heterocycles. The molecular weight excluding hydrogens is 646 g/mol. The average Bonchev–Trinajstić information content (AvgIpc) is 3.82. The molecule has 4 aromatic carbocycles. The Hall–Kier alpha value is -5.27. The number of fused-ring (bicyclic) bond motifs is 2. The number of aliphatic hydroxyl groups is 1. The van der Waals surface area contributed by atoms with Gasteiger partial charge < -0.3 is 23.8 Å². The molecular formula is C36H29F4N3O6. The van der Waals surface area contributed by atoms with E-state index in [1.807, 2.05) is 38.1 Å². The topological polar surface area (TPSA) is 122 Å². The van der Waals surface area contributed by atoms with Gasteiger partial charge in [0.2, 0.25) is 17.6 Å². The summed E-state index contributed by atoms with van der Waals surface area (Å²) in [6.07, 6.45) is 1.14. The number of aromatic nitrogens is 2. The average molecular weight is 676 g/mol. The zero-order chi connectivity index (χ0) is 34.6. The van der Waals surface area contributed by atoms with E-state index in [1.165, 1.54) is 12.1 Å². The third kappa shape index (κ3) is 5.78. The lowest BCUT2D eigenvalue weighted by Crippen LogP contribution is -2.35. The number of likely N-dealkylation sites (tertiary alicyclic amines) is 1. The molecule has 0 bridgehead atoms. The van der Waals surface area contributed by atoms with E-state index in [1.54, 1.807) is 23.1 Å². The Morgan fingerprint density at radius 1 is 0.918 bits per heavy atom. The van der Waals surface area contributed by atoms with Crippen molar-refractivity contribution in [3.63, 3.8) is 0 Å². The fraction of sp³-hybridized carbons (Fsp3) is 0.250. The number of rotatable bonds is 9. The van der Waals surface area contributed by atoms with Gasteiger partial charge in [-0.2, -0.15) is 13.2 Å². The van der Waals surface area contributed by atoms with Crippen molar-refractivity contribution >= 4 is 28.2 Å². The first-order valence-electron chi connectivity index (χ1n) is 15.5. The molecule has 2 aromatic heterocycles. The first-order valence-corrected chi connectivity index (χ1v) is 15.5. The van der Waals surface area contributed by atoms with E-state index in [-0.39, 0.29) is 46.3 Å². The molecule has 3 heterocycles. The molecule has 7 rings (SSSR count). The maximum atomic E-state index is 14.7. The SMILES string of the molecule is Cc1c(-c2nc3cc(CN4CCC[C@H]4C(=O)O)c(OC(F)F)cc3o2)cccc1-c1cccc(-c2nc3cc(CO)c(F)c(F)c3o2)c1C. The van der Waals surface area contributed by atoms with Crippen LogP contribution in [-0.2, 0) is 17.9 Å². The Labute approximate surface area is 276 Å². The van der Waals surface area contributed by atoms with Crippen LogP contribution in [-0.4, -0.2) is 50.2 Å². The number of hydrogen-bond donors (Lipinski definition) is 2. The molecule has 49 heavy (non-hydrogen) atoms. The minimum Gasteiger partial charge on any atom is -0.480 e. The molecule has 0 spiro atoms. The Balaban J connectivity index is 1.26. The summed E-state index contributed by atoms with van der Waals surface area (Å²) < 4.78 is 72.4. The number of nitrogens with zero attached hydrogens (tertiary/aromatic N) is 3. The second kappa shape index (κ2) is 12.6. The highest BCUT2D eigenvalue weighted by molar-refractivity contribution is 5.85. The number of carboxylic acid groups (broad SMARTS) is 1. The highest BCUT2D eigenvalue weighted by Crippen LogP contribution is 2.39. The zero-order valence-corrected chi connectivity index (χ0v) is 26.3. The van der Waals surface area contributed by atoms with Gasteiger partial charge in [0.05, 0.1) is 6.61 Å². The van der Waals surface area contributed by atoms with E-state index in [0.717, 1.165) is 22.3 Å². The fourth-order valence-electron chi connectivity index (χ4n) is 6.56. The Morgan fingerprint density at radius 2 is 1.53 bits per heavy atom. The van der Waals surface area contributed by atoms with Gasteiger partial charge in [0.25, 0.3) is 0 Å². The molecule has 1 aliphatic rings. The number of benzene rings is 4. The molecule has 0 saturated carbocycles. The summed E-state index contributed by atoms with van der Waals surface area (Å²) >= 11 is 0. The quantitative estimate of drug-likeness (QED) is 0.147. The lowest BCUT2D eigenvalue weighted by atomic mass is 9.91. The molecule has 1 fully saturated rings. The van der Waals surface area contributed by atoms with Crippen molar-refractivity contribution in [3.05, 3.63) is 88.5 Å².